The van der Waals surface area contributed by atoms with Crippen molar-refractivity contribution in [2.75, 3.05) is 13.1 Å². The zero-order valence-corrected chi connectivity index (χ0v) is 9.52. The lowest BCUT2D eigenvalue weighted by Gasteiger charge is -2.11. The highest BCUT2D eigenvalue weighted by Gasteiger charge is 2.14. The van der Waals surface area contributed by atoms with Crippen molar-refractivity contribution in [1.29, 1.82) is 5.26 Å². The maximum atomic E-state index is 13.5. The molecule has 88 valence electrons. The molecule has 0 radical (unpaired) electrons. The molecule has 7 heteroatoms. The molecule has 17 heavy (non-hydrogen) atoms. The molecule has 0 aliphatic heterocycles. The fraction of sp³-hybridized carbons (Fsp3) is 0.300. The first-order chi connectivity index (χ1) is 8.19. The van der Waals surface area contributed by atoms with Crippen molar-refractivity contribution in [3.8, 4) is 6.07 Å². The Morgan fingerprint density at radius 3 is 3.06 bits per heavy atom. The average Bonchev–Trinajstić information content (AvgIpc) is 2.33. The molecular formula is C10H9ClFN5. The highest BCUT2D eigenvalue weighted by Crippen LogP contribution is 2.20. The predicted octanol–water partition coefficient (Wildman–Crippen LogP) is 2.94. The van der Waals surface area contributed by atoms with Gasteiger partial charge in [0.05, 0.1) is 6.07 Å². The van der Waals surface area contributed by atoms with Crippen LogP contribution in [0.15, 0.2) is 23.3 Å². The fourth-order valence-corrected chi connectivity index (χ4v) is 1.45. The second-order valence-electron chi connectivity index (χ2n) is 3.14. The monoisotopic (exact) mass is 253 g/mol. The van der Waals surface area contributed by atoms with Crippen molar-refractivity contribution in [3.05, 3.63) is 45.0 Å². The van der Waals surface area contributed by atoms with Crippen LogP contribution in [0.2, 0.25) is 5.02 Å². The van der Waals surface area contributed by atoms with E-state index >= 15 is 0 Å². The molecule has 1 atom stereocenters. The van der Waals surface area contributed by atoms with E-state index in [1.807, 2.05) is 6.07 Å². The molecule has 0 spiro atoms. The molecule has 0 heterocycles. The van der Waals surface area contributed by atoms with E-state index in [9.17, 15) is 4.39 Å². The van der Waals surface area contributed by atoms with Gasteiger partial charge in [0.2, 0.25) is 0 Å². The summed E-state index contributed by atoms with van der Waals surface area (Å²) in [7, 11) is 0. The fourth-order valence-electron chi connectivity index (χ4n) is 1.26. The summed E-state index contributed by atoms with van der Waals surface area (Å²) in [5, 5.41) is 15.3. The number of nitrogens with zero attached hydrogens (tertiary/aromatic N) is 4. The molecule has 5 nitrogen and oxygen atoms in total. The summed E-state index contributed by atoms with van der Waals surface area (Å²) >= 11 is 5.73. The molecular weight excluding hydrogens is 245 g/mol. The third kappa shape index (κ3) is 3.93. The largest absolute Gasteiger partial charge is 0.298 e. The van der Waals surface area contributed by atoms with Gasteiger partial charge in [-0.2, -0.15) is 5.26 Å². The van der Waals surface area contributed by atoms with Gasteiger partial charge in [0.25, 0.3) is 0 Å². The number of benzene rings is 1. The minimum absolute atomic E-state index is 0.181. The third-order valence-electron chi connectivity index (χ3n) is 2.02. The number of nitrogens with one attached hydrogen (secondary N) is 1. The van der Waals surface area contributed by atoms with Crippen molar-refractivity contribution >= 4 is 11.6 Å². The van der Waals surface area contributed by atoms with Crippen molar-refractivity contribution < 1.29 is 4.39 Å². The van der Waals surface area contributed by atoms with E-state index in [4.69, 9.17) is 22.4 Å². The summed E-state index contributed by atoms with van der Waals surface area (Å²) in [6, 6.07) is 5.11. The van der Waals surface area contributed by atoms with E-state index in [0.717, 1.165) is 0 Å². The van der Waals surface area contributed by atoms with Gasteiger partial charge in [0.15, 0.2) is 0 Å². The van der Waals surface area contributed by atoms with Gasteiger partial charge in [-0.05, 0) is 23.7 Å². The van der Waals surface area contributed by atoms with E-state index in [2.05, 4.69) is 15.3 Å². The van der Waals surface area contributed by atoms with Gasteiger partial charge in [-0.15, -0.1) is 0 Å². The highest BCUT2D eigenvalue weighted by atomic mass is 35.5. The van der Waals surface area contributed by atoms with E-state index < -0.39 is 11.9 Å². The van der Waals surface area contributed by atoms with Gasteiger partial charge in [-0.1, -0.05) is 16.7 Å². The Labute approximate surface area is 102 Å². The zero-order valence-electron chi connectivity index (χ0n) is 8.77. The lowest BCUT2D eigenvalue weighted by atomic mass is 10.1. The average molecular weight is 254 g/mol. The highest BCUT2D eigenvalue weighted by molar-refractivity contribution is 6.30. The molecule has 1 unspecified atom stereocenters. The molecule has 1 aromatic rings. The summed E-state index contributed by atoms with van der Waals surface area (Å²) in [4.78, 5) is 2.57. The number of rotatable bonds is 5. The molecule has 1 N–H and O–H groups in total. The van der Waals surface area contributed by atoms with Crippen LogP contribution in [-0.2, 0) is 0 Å². The van der Waals surface area contributed by atoms with E-state index in [1.54, 1.807) is 0 Å². The first-order valence-electron chi connectivity index (χ1n) is 4.78. The topological polar surface area (TPSA) is 84.6 Å². The van der Waals surface area contributed by atoms with Crippen LogP contribution in [0.5, 0.6) is 0 Å². The third-order valence-corrected chi connectivity index (χ3v) is 2.26. The van der Waals surface area contributed by atoms with Gasteiger partial charge in [0, 0.05) is 28.6 Å². The quantitative estimate of drug-likeness (QED) is 0.379. The number of halogens is 2. The van der Waals surface area contributed by atoms with Crippen molar-refractivity contribution in [2.24, 2.45) is 5.11 Å². The zero-order chi connectivity index (χ0) is 12.7. The molecule has 0 aromatic heterocycles. The minimum atomic E-state index is -0.817. The normalized spacial score (nSPS) is 11.4. The smallest absolute Gasteiger partial charge is 0.129 e. The molecule has 1 rings (SSSR count). The first-order valence-corrected chi connectivity index (χ1v) is 5.15. The molecule has 0 bridgehead atoms. The molecule has 0 aliphatic carbocycles. The van der Waals surface area contributed by atoms with Crippen LogP contribution < -0.4 is 5.32 Å². The van der Waals surface area contributed by atoms with Gasteiger partial charge >= 0.3 is 0 Å². The summed E-state index contributed by atoms with van der Waals surface area (Å²) in [6.07, 6.45) is 0. The summed E-state index contributed by atoms with van der Waals surface area (Å²) in [6.45, 7) is 0.477. The van der Waals surface area contributed by atoms with E-state index in [1.165, 1.54) is 18.2 Å². The second kappa shape index (κ2) is 6.71. The molecule has 0 amide bonds. The van der Waals surface area contributed by atoms with Gasteiger partial charge < -0.3 is 0 Å². The van der Waals surface area contributed by atoms with Crippen LogP contribution in [0, 0.1) is 17.1 Å². The van der Waals surface area contributed by atoms with Crippen LogP contribution in [-0.4, -0.2) is 13.1 Å². The molecule has 0 aliphatic rings. The summed E-state index contributed by atoms with van der Waals surface area (Å²) in [5.74, 6) is -0.503. The Morgan fingerprint density at radius 2 is 2.41 bits per heavy atom. The lowest BCUT2D eigenvalue weighted by molar-refractivity contribution is 0.565. The Balaban J connectivity index is 2.76. The van der Waals surface area contributed by atoms with Gasteiger partial charge in [-0.25, -0.2) is 4.39 Å². The summed E-state index contributed by atoms with van der Waals surface area (Å²) in [5.41, 5.74) is 8.26. The van der Waals surface area contributed by atoms with Crippen LogP contribution >= 0.6 is 11.6 Å². The Kier molecular flexibility index (Phi) is 5.24. The SMILES string of the molecule is N#CC(NCCN=[N+]=[N-])c1cc(Cl)ccc1F. The maximum absolute atomic E-state index is 13.5. The van der Waals surface area contributed by atoms with Crippen LogP contribution in [0.3, 0.4) is 0 Å². The molecule has 1 aromatic carbocycles. The van der Waals surface area contributed by atoms with Crippen LogP contribution in [0.4, 0.5) is 4.39 Å². The predicted molar refractivity (Wildman–Crippen MR) is 61.8 cm³/mol. The van der Waals surface area contributed by atoms with E-state index in [-0.39, 0.29) is 18.7 Å². The van der Waals surface area contributed by atoms with Gasteiger partial charge in [-0.3, -0.25) is 5.32 Å². The summed E-state index contributed by atoms with van der Waals surface area (Å²) < 4.78 is 13.5. The Hall–Kier alpha value is -1.80. The first kappa shape index (κ1) is 13.3. The number of hydrogen-bond acceptors (Lipinski definition) is 3. The van der Waals surface area contributed by atoms with Crippen molar-refractivity contribution in [2.45, 2.75) is 6.04 Å². The number of azide groups is 1. The minimum Gasteiger partial charge on any atom is -0.298 e. The molecule has 0 fully saturated rings. The van der Waals surface area contributed by atoms with Crippen molar-refractivity contribution in [3.63, 3.8) is 0 Å². The molecule has 0 saturated carbocycles. The second-order valence-corrected chi connectivity index (χ2v) is 3.57. The Bertz CT molecular complexity index is 478. The molecule has 0 saturated heterocycles. The Morgan fingerprint density at radius 1 is 1.65 bits per heavy atom. The van der Waals surface area contributed by atoms with Crippen molar-refractivity contribution in [1.82, 2.24) is 5.32 Å². The van der Waals surface area contributed by atoms with Crippen LogP contribution in [0.1, 0.15) is 11.6 Å². The maximum Gasteiger partial charge on any atom is 0.129 e. The van der Waals surface area contributed by atoms with Gasteiger partial charge in [0.1, 0.15) is 11.9 Å². The van der Waals surface area contributed by atoms with Crippen LogP contribution in [0.25, 0.3) is 10.4 Å². The standard InChI is InChI=1S/C10H9ClFN5/c11-7-1-2-9(12)8(5-7)10(6-13)15-3-4-16-17-14/h1-2,5,10,15H,3-4H2. The van der Waals surface area contributed by atoms with E-state index in [0.29, 0.717) is 5.02 Å². The number of hydrogen-bond donors (Lipinski definition) is 1. The lowest BCUT2D eigenvalue weighted by Crippen LogP contribution is -2.23. The number of nitriles is 1.